The second-order valence-corrected chi connectivity index (χ2v) is 3.71. The summed E-state index contributed by atoms with van der Waals surface area (Å²) in [6.07, 6.45) is 5.24. The van der Waals surface area contributed by atoms with Gasteiger partial charge in [0.15, 0.2) is 5.75 Å². The largest absolute Gasteiger partial charge is 0.494 e. The number of nitrogens with one attached hydrogen (secondary N) is 1. The first-order chi connectivity index (χ1) is 8.19. The normalized spacial score (nSPS) is 10.3. The minimum Gasteiger partial charge on any atom is -0.494 e. The summed E-state index contributed by atoms with van der Waals surface area (Å²) in [5, 5.41) is 7.40. The molecule has 1 N–H and O–H groups in total. The number of nitrogens with zero attached hydrogens (tertiary/aromatic N) is 4. The molecule has 0 saturated heterocycles. The molecule has 2 rings (SSSR count). The number of hydrogen-bond acceptors (Lipinski definition) is 5. The van der Waals surface area contributed by atoms with Crippen LogP contribution in [0.2, 0.25) is 0 Å². The summed E-state index contributed by atoms with van der Waals surface area (Å²) in [7, 11) is 3.49. The first-order valence-corrected chi connectivity index (χ1v) is 5.28. The van der Waals surface area contributed by atoms with Crippen LogP contribution in [0.25, 0.3) is 0 Å². The monoisotopic (exact) mass is 233 g/mol. The molecule has 2 aromatic heterocycles. The Kier molecular flexibility index (Phi) is 3.22. The van der Waals surface area contributed by atoms with E-state index in [0.29, 0.717) is 18.2 Å². The van der Waals surface area contributed by atoms with Crippen LogP contribution in [0.4, 0.5) is 5.95 Å². The Hall–Kier alpha value is -2.11. The molecule has 0 aromatic carbocycles. The van der Waals surface area contributed by atoms with Gasteiger partial charge in [-0.2, -0.15) is 5.10 Å². The lowest BCUT2D eigenvalue weighted by Crippen LogP contribution is -2.03. The maximum atomic E-state index is 4.99. The third-order valence-electron chi connectivity index (χ3n) is 2.42. The van der Waals surface area contributed by atoms with Crippen LogP contribution in [0, 0.1) is 6.92 Å². The fourth-order valence-corrected chi connectivity index (χ4v) is 1.51. The van der Waals surface area contributed by atoms with Crippen molar-refractivity contribution in [2.45, 2.75) is 13.5 Å². The van der Waals surface area contributed by atoms with Crippen molar-refractivity contribution in [3.63, 3.8) is 0 Å². The molecule has 0 amide bonds. The van der Waals surface area contributed by atoms with Crippen LogP contribution in [0.5, 0.6) is 5.75 Å². The van der Waals surface area contributed by atoms with Crippen LogP contribution < -0.4 is 10.1 Å². The van der Waals surface area contributed by atoms with E-state index in [0.717, 1.165) is 11.3 Å². The van der Waals surface area contributed by atoms with Gasteiger partial charge in [0.25, 0.3) is 0 Å². The first kappa shape index (κ1) is 11.4. The number of hydrogen-bond donors (Lipinski definition) is 1. The Bertz CT molecular complexity index is 491. The molecule has 0 saturated carbocycles. The minimum absolute atomic E-state index is 0.578. The van der Waals surface area contributed by atoms with Crippen LogP contribution in [-0.2, 0) is 13.6 Å². The highest BCUT2D eigenvalue weighted by Crippen LogP contribution is 2.10. The quantitative estimate of drug-likeness (QED) is 0.857. The number of methoxy groups -OCH3 is 1. The third kappa shape index (κ3) is 2.72. The van der Waals surface area contributed by atoms with Crippen LogP contribution >= 0.6 is 0 Å². The molecule has 90 valence electrons. The zero-order chi connectivity index (χ0) is 12.3. The fourth-order valence-electron chi connectivity index (χ4n) is 1.51. The molecule has 0 unspecified atom stereocenters. The number of aryl methyl sites for hydroxylation is 2. The Morgan fingerprint density at radius 1 is 1.35 bits per heavy atom. The van der Waals surface area contributed by atoms with Gasteiger partial charge in [-0.3, -0.25) is 4.68 Å². The highest BCUT2D eigenvalue weighted by molar-refractivity contribution is 5.29. The van der Waals surface area contributed by atoms with Gasteiger partial charge in [-0.1, -0.05) is 0 Å². The second-order valence-electron chi connectivity index (χ2n) is 3.71. The lowest BCUT2D eigenvalue weighted by Gasteiger charge is -2.04. The molecule has 0 fully saturated rings. The zero-order valence-corrected chi connectivity index (χ0v) is 10.1. The Morgan fingerprint density at radius 3 is 2.59 bits per heavy atom. The summed E-state index contributed by atoms with van der Waals surface area (Å²) in [4.78, 5) is 8.25. The molecular weight excluding hydrogens is 218 g/mol. The second kappa shape index (κ2) is 4.82. The van der Waals surface area contributed by atoms with Gasteiger partial charge in [0.1, 0.15) is 0 Å². The van der Waals surface area contributed by atoms with Gasteiger partial charge in [0.05, 0.1) is 25.2 Å². The highest BCUT2D eigenvalue weighted by Gasteiger charge is 2.03. The number of aromatic nitrogens is 4. The molecule has 6 nitrogen and oxygen atoms in total. The van der Waals surface area contributed by atoms with Crippen molar-refractivity contribution >= 4 is 5.95 Å². The van der Waals surface area contributed by atoms with Gasteiger partial charge in [0, 0.05) is 25.4 Å². The standard InChI is InChI=1S/C11H15N5O/c1-8-9(7-16(2)15-8)4-12-11-13-5-10(17-3)6-14-11/h5-7H,4H2,1-3H3,(H,12,13,14). The van der Waals surface area contributed by atoms with Crippen molar-refractivity contribution in [3.05, 3.63) is 29.8 Å². The summed E-state index contributed by atoms with van der Waals surface area (Å²) in [5.41, 5.74) is 2.14. The maximum absolute atomic E-state index is 4.99. The minimum atomic E-state index is 0.578. The molecule has 0 atom stereocenters. The van der Waals surface area contributed by atoms with Crippen molar-refractivity contribution in [1.29, 1.82) is 0 Å². The summed E-state index contributed by atoms with van der Waals surface area (Å²) < 4.78 is 6.78. The third-order valence-corrected chi connectivity index (χ3v) is 2.42. The van der Waals surface area contributed by atoms with Crippen molar-refractivity contribution in [1.82, 2.24) is 19.7 Å². The number of rotatable bonds is 4. The predicted molar refractivity (Wildman–Crippen MR) is 63.9 cm³/mol. The first-order valence-electron chi connectivity index (χ1n) is 5.28. The SMILES string of the molecule is COc1cnc(NCc2cn(C)nc2C)nc1. The van der Waals surface area contributed by atoms with Gasteiger partial charge < -0.3 is 10.1 Å². The molecule has 2 heterocycles. The molecule has 0 aliphatic rings. The van der Waals surface area contributed by atoms with E-state index in [1.807, 2.05) is 20.2 Å². The van der Waals surface area contributed by atoms with Crippen molar-refractivity contribution in [3.8, 4) is 5.75 Å². The Morgan fingerprint density at radius 2 is 2.06 bits per heavy atom. The van der Waals surface area contributed by atoms with E-state index in [-0.39, 0.29) is 0 Å². The smallest absolute Gasteiger partial charge is 0.223 e. The molecule has 17 heavy (non-hydrogen) atoms. The fraction of sp³-hybridized carbons (Fsp3) is 0.364. The molecule has 0 radical (unpaired) electrons. The topological polar surface area (TPSA) is 64.9 Å². The Balaban J connectivity index is 1.99. The van der Waals surface area contributed by atoms with Crippen molar-refractivity contribution < 1.29 is 4.74 Å². The van der Waals surface area contributed by atoms with Crippen LogP contribution in [-0.4, -0.2) is 26.9 Å². The molecule has 0 aliphatic carbocycles. The highest BCUT2D eigenvalue weighted by atomic mass is 16.5. The van der Waals surface area contributed by atoms with E-state index >= 15 is 0 Å². The van der Waals surface area contributed by atoms with Gasteiger partial charge in [-0.25, -0.2) is 9.97 Å². The molecule has 6 heteroatoms. The molecule has 2 aromatic rings. The van der Waals surface area contributed by atoms with Gasteiger partial charge >= 0.3 is 0 Å². The van der Waals surface area contributed by atoms with E-state index in [1.165, 1.54) is 0 Å². The molecule has 0 aliphatic heterocycles. The average molecular weight is 233 g/mol. The predicted octanol–water partition coefficient (Wildman–Crippen LogP) is 1.14. The zero-order valence-electron chi connectivity index (χ0n) is 10.1. The molecule has 0 spiro atoms. The Labute approximate surface area is 99.7 Å². The van der Waals surface area contributed by atoms with E-state index in [1.54, 1.807) is 24.2 Å². The molecule has 0 bridgehead atoms. The summed E-state index contributed by atoms with van der Waals surface area (Å²) in [6.45, 7) is 2.64. The van der Waals surface area contributed by atoms with Gasteiger partial charge in [0.2, 0.25) is 5.95 Å². The van der Waals surface area contributed by atoms with E-state index in [2.05, 4.69) is 20.4 Å². The van der Waals surface area contributed by atoms with Crippen molar-refractivity contribution in [2.75, 3.05) is 12.4 Å². The summed E-state index contributed by atoms with van der Waals surface area (Å²) in [6, 6.07) is 0. The van der Waals surface area contributed by atoms with Crippen molar-refractivity contribution in [2.24, 2.45) is 7.05 Å². The lowest BCUT2D eigenvalue weighted by atomic mass is 10.3. The van der Waals surface area contributed by atoms with E-state index in [9.17, 15) is 0 Å². The van der Waals surface area contributed by atoms with Gasteiger partial charge in [-0.05, 0) is 6.92 Å². The van der Waals surface area contributed by atoms with Crippen LogP contribution in [0.3, 0.4) is 0 Å². The average Bonchev–Trinajstić information content (AvgIpc) is 2.66. The molecular formula is C11H15N5O. The number of ether oxygens (including phenoxy) is 1. The van der Waals surface area contributed by atoms with E-state index < -0.39 is 0 Å². The van der Waals surface area contributed by atoms with Gasteiger partial charge in [-0.15, -0.1) is 0 Å². The number of anilines is 1. The lowest BCUT2D eigenvalue weighted by molar-refractivity contribution is 0.411. The van der Waals surface area contributed by atoms with Crippen LogP contribution in [0.1, 0.15) is 11.3 Å². The summed E-state index contributed by atoms with van der Waals surface area (Å²) >= 11 is 0. The van der Waals surface area contributed by atoms with E-state index in [4.69, 9.17) is 4.74 Å². The van der Waals surface area contributed by atoms with Crippen LogP contribution in [0.15, 0.2) is 18.6 Å². The summed E-state index contributed by atoms with van der Waals surface area (Å²) in [5.74, 6) is 1.22. The maximum Gasteiger partial charge on any atom is 0.223 e.